The first-order valence-electron chi connectivity index (χ1n) is 9.46. The van der Waals surface area contributed by atoms with Gasteiger partial charge in [0.25, 0.3) is 5.91 Å². The van der Waals surface area contributed by atoms with Crippen LogP contribution in [0.2, 0.25) is 0 Å². The summed E-state index contributed by atoms with van der Waals surface area (Å²) in [7, 11) is 1.21. The number of anilines is 1. The Balaban J connectivity index is 2.03. The summed E-state index contributed by atoms with van der Waals surface area (Å²) in [5.74, 6) is -2.24. The Labute approximate surface area is 179 Å². The number of pyridine rings is 1. The largest absolute Gasteiger partial charge is 0.466 e. The second-order valence-corrected chi connectivity index (χ2v) is 6.43. The van der Waals surface area contributed by atoms with Gasteiger partial charge in [-0.2, -0.15) is 0 Å². The van der Waals surface area contributed by atoms with E-state index in [0.717, 1.165) is 0 Å². The lowest BCUT2D eigenvalue weighted by atomic mass is 10.1. The summed E-state index contributed by atoms with van der Waals surface area (Å²) in [6, 6.07) is 6.80. The van der Waals surface area contributed by atoms with Crippen LogP contribution in [-0.4, -0.2) is 49.0 Å². The first kappa shape index (κ1) is 23.3. The number of carbonyl (C=O) groups excluding carboxylic acids is 4. The Hall–Kier alpha value is -3.95. The molecule has 2 rings (SSSR count). The van der Waals surface area contributed by atoms with E-state index in [1.54, 1.807) is 25.3 Å². The average molecular weight is 428 g/mol. The monoisotopic (exact) mass is 428 g/mol. The number of methoxy groups -OCH3 is 1. The second-order valence-electron chi connectivity index (χ2n) is 6.43. The van der Waals surface area contributed by atoms with Crippen molar-refractivity contribution < 1.29 is 28.7 Å². The normalized spacial score (nSPS) is 11.2. The van der Waals surface area contributed by atoms with Gasteiger partial charge in [0.1, 0.15) is 0 Å². The number of nitrogens with one attached hydrogen (secondary N) is 2. The van der Waals surface area contributed by atoms with Gasteiger partial charge in [0.2, 0.25) is 5.91 Å². The van der Waals surface area contributed by atoms with Gasteiger partial charge >= 0.3 is 11.9 Å². The van der Waals surface area contributed by atoms with E-state index in [0.29, 0.717) is 5.56 Å². The van der Waals surface area contributed by atoms with Crippen molar-refractivity contribution in [3.8, 4) is 0 Å². The fourth-order valence-corrected chi connectivity index (χ4v) is 2.75. The molecule has 0 fully saturated rings. The van der Waals surface area contributed by atoms with Gasteiger partial charge in [0.05, 0.1) is 38.3 Å². The topological polar surface area (TPSA) is 150 Å². The van der Waals surface area contributed by atoms with Gasteiger partial charge in [-0.25, -0.2) is 4.79 Å². The molecule has 10 heteroatoms. The SMILES string of the molecule is CCOC(=O)CC(NC(=O)CNC(=O)c1cc(N)cc(C(=O)OC)c1)c1cccnc1. The lowest BCUT2D eigenvalue weighted by molar-refractivity contribution is -0.143. The van der Waals surface area contributed by atoms with Crippen molar-refractivity contribution in [3.63, 3.8) is 0 Å². The molecule has 164 valence electrons. The van der Waals surface area contributed by atoms with Crippen molar-refractivity contribution in [2.45, 2.75) is 19.4 Å². The molecular formula is C21H24N4O6. The molecule has 1 atom stereocenters. The molecule has 0 aliphatic heterocycles. The van der Waals surface area contributed by atoms with Crippen LogP contribution in [0.15, 0.2) is 42.7 Å². The number of benzene rings is 1. The van der Waals surface area contributed by atoms with Gasteiger partial charge in [-0.1, -0.05) is 6.07 Å². The van der Waals surface area contributed by atoms with E-state index in [9.17, 15) is 19.2 Å². The number of rotatable bonds is 9. The van der Waals surface area contributed by atoms with Crippen LogP contribution in [0.4, 0.5) is 5.69 Å². The fourth-order valence-electron chi connectivity index (χ4n) is 2.75. The van der Waals surface area contributed by atoms with E-state index in [-0.39, 0.29) is 36.4 Å². The van der Waals surface area contributed by atoms with Crippen molar-refractivity contribution in [3.05, 3.63) is 59.4 Å². The maximum Gasteiger partial charge on any atom is 0.337 e. The van der Waals surface area contributed by atoms with Gasteiger partial charge in [0, 0.05) is 23.6 Å². The Morgan fingerprint density at radius 2 is 1.90 bits per heavy atom. The molecular weight excluding hydrogens is 404 g/mol. The third-order valence-corrected chi connectivity index (χ3v) is 4.15. The smallest absolute Gasteiger partial charge is 0.337 e. The summed E-state index contributed by atoms with van der Waals surface area (Å²) in [5, 5.41) is 5.14. The van der Waals surface area contributed by atoms with Gasteiger partial charge in [0.15, 0.2) is 0 Å². The van der Waals surface area contributed by atoms with E-state index in [4.69, 9.17) is 10.5 Å². The van der Waals surface area contributed by atoms with E-state index in [1.807, 2.05) is 0 Å². The Bertz CT molecular complexity index is 948. The summed E-state index contributed by atoms with van der Waals surface area (Å²) < 4.78 is 9.58. The van der Waals surface area contributed by atoms with E-state index in [2.05, 4.69) is 20.4 Å². The number of nitrogen functional groups attached to an aromatic ring is 1. The molecule has 0 aliphatic carbocycles. The molecule has 10 nitrogen and oxygen atoms in total. The molecule has 0 spiro atoms. The number of carbonyl (C=O) groups is 4. The minimum atomic E-state index is -0.671. The molecule has 0 aliphatic rings. The zero-order valence-electron chi connectivity index (χ0n) is 17.2. The Morgan fingerprint density at radius 3 is 2.55 bits per heavy atom. The predicted octanol–water partition coefficient (Wildman–Crippen LogP) is 0.991. The van der Waals surface area contributed by atoms with E-state index < -0.39 is 29.8 Å². The zero-order chi connectivity index (χ0) is 22.8. The van der Waals surface area contributed by atoms with E-state index in [1.165, 1.54) is 31.5 Å². The number of esters is 2. The van der Waals surface area contributed by atoms with Crippen molar-refractivity contribution in [1.29, 1.82) is 0 Å². The summed E-state index contributed by atoms with van der Waals surface area (Å²) in [4.78, 5) is 52.4. The highest BCUT2D eigenvalue weighted by Gasteiger charge is 2.20. The Kier molecular flexibility index (Phi) is 8.50. The number of hydrogen-bond donors (Lipinski definition) is 3. The van der Waals surface area contributed by atoms with Crippen LogP contribution in [0, 0.1) is 0 Å². The molecule has 0 bridgehead atoms. The predicted molar refractivity (Wildman–Crippen MR) is 111 cm³/mol. The van der Waals surface area contributed by atoms with Gasteiger partial charge in [-0.3, -0.25) is 19.4 Å². The van der Waals surface area contributed by atoms with Gasteiger partial charge < -0.3 is 25.8 Å². The molecule has 0 saturated carbocycles. The van der Waals surface area contributed by atoms with Crippen LogP contribution in [0.3, 0.4) is 0 Å². The first-order chi connectivity index (χ1) is 14.8. The van der Waals surface area contributed by atoms with Crippen LogP contribution in [0.25, 0.3) is 0 Å². The van der Waals surface area contributed by atoms with Crippen LogP contribution >= 0.6 is 0 Å². The lowest BCUT2D eigenvalue weighted by Crippen LogP contribution is -2.39. The quantitative estimate of drug-likeness (QED) is 0.395. The molecule has 0 saturated heterocycles. The van der Waals surface area contributed by atoms with Gasteiger partial charge in [-0.05, 0) is 36.8 Å². The number of nitrogens with zero attached hydrogens (tertiary/aromatic N) is 1. The fraction of sp³-hybridized carbons (Fsp3) is 0.286. The average Bonchev–Trinajstić information content (AvgIpc) is 2.76. The minimum absolute atomic E-state index is 0.0864. The molecule has 31 heavy (non-hydrogen) atoms. The van der Waals surface area contributed by atoms with E-state index >= 15 is 0 Å². The van der Waals surface area contributed by atoms with Crippen LogP contribution < -0.4 is 16.4 Å². The van der Waals surface area contributed by atoms with Crippen molar-refractivity contribution in [2.24, 2.45) is 0 Å². The van der Waals surface area contributed by atoms with Crippen LogP contribution in [-0.2, 0) is 19.1 Å². The number of hydrogen-bond acceptors (Lipinski definition) is 8. The molecule has 0 radical (unpaired) electrons. The second kappa shape index (κ2) is 11.3. The zero-order valence-corrected chi connectivity index (χ0v) is 17.2. The summed E-state index contributed by atoms with van der Waals surface area (Å²) in [6.07, 6.45) is 3.02. The van der Waals surface area contributed by atoms with Crippen LogP contribution in [0.5, 0.6) is 0 Å². The van der Waals surface area contributed by atoms with Crippen LogP contribution in [0.1, 0.15) is 45.7 Å². The highest BCUT2D eigenvalue weighted by molar-refractivity contribution is 6.00. The summed E-state index contributed by atoms with van der Waals surface area (Å²) >= 11 is 0. The molecule has 1 aromatic heterocycles. The first-order valence-corrected chi connectivity index (χ1v) is 9.46. The maximum atomic E-state index is 12.4. The van der Waals surface area contributed by atoms with Gasteiger partial charge in [-0.15, -0.1) is 0 Å². The molecule has 2 aromatic rings. The third-order valence-electron chi connectivity index (χ3n) is 4.15. The lowest BCUT2D eigenvalue weighted by Gasteiger charge is -2.18. The number of ether oxygens (including phenoxy) is 2. The molecule has 4 N–H and O–H groups in total. The number of aromatic nitrogens is 1. The molecule has 1 aromatic carbocycles. The maximum absolute atomic E-state index is 12.4. The van der Waals surface area contributed by atoms with Crippen molar-refractivity contribution in [1.82, 2.24) is 15.6 Å². The molecule has 2 amide bonds. The number of nitrogens with two attached hydrogens (primary N) is 1. The van der Waals surface area contributed by atoms with Crippen molar-refractivity contribution in [2.75, 3.05) is 26.0 Å². The van der Waals surface area contributed by atoms with Crippen molar-refractivity contribution >= 4 is 29.4 Å². The molecule has 1 unspecified atom stereocenters. The summed E-state index contributed by atoms with van der Waals surface area (Å²) in [6.45, 7) is 1.55. The highest BCUT2D eigenvalue weighted by atomic mass is 16.5. The third kappa shape index (κ3) is 7.11. The summed E-state index contributed by atoms with van der Waals surface area (Å²) in [5.41, 5.74) is 6.76. The standard InChI is InChI=1S/C21H24N4O6/c1-3-31-19(27)10-17(13-5-4-6-23-11-13)25-18(26)12-24-20(28)14-7-15(21(29)30-2)9-16(22)8-14/h4-9,11,17H,3,10,12,22H2,1-2H3,(H,24,28)(H,25,26). The molecule has 1 heterocycles. The highest BCUT2D eigenvalue weighted by Crippen LogP contribution is 2.16. The minimum Gasteiger partial charge on any atom is -0.466 e. The Morgan fingerprint density at radius 1 is 1.16 bits per heavy atom. The number of amides is 2.